The number of hydrogen-bond acceptors (Lipinski definition) is 5. The van der Waals surface area contributed by atoms with Gasteiger partial charge in [0.2, 0.25) is 10.0 Å². The Labute approximate surface area is 126 Å². The zero-order chi connectivity index (χ0) is 14.9. The summed E-state index contributed by atoms with van der Waals surface area (Å²) in [5.74, 6) is 0. The number of morpholine rings is 1. The van der Waals surface area contributed by atoms with E-state index in [1.54, 1.807) is 4.31 Å². The topological polar surface area (TPSA) is 59.1 Å². The smallest absolute Gasteiger partial charge is 0.217 e. The molecule has 7 heteroatoms. The average molecular weight is 316 g/mol. The maximum Gasteiger partial charge on any atom is 0.217 e. The van der Waals surface area contributed by atoms with Crippen molar-refractivity contribution in [3.05, 3.63) is 12.7 Å². The molecule has 0 aromatic carbocycles. The highest BCUT2D eigenvalue weighted by Crippen LogP contribution is 2.33. The Hall–Kier alpha value is -0.470. The van der Waals surface area contributed by atoms with Crippen molar-refractivity contribution >= 4 is 10.0 Å². The molecule has 1 spiro atoms. The van der Waals surface area contributed by atoms with Gasteiger partial charge in [0.1, 0.15) is 5.60 Å². The third-order valence-electron chi connectivity index (χ3n) is 4.33. The van der Waals surface area contributed by atoms with Crippen LogP contribution in [0.2, 0.25) is 0 Å². The summed E-state index contributed by atoms with van der Waals surface area (Å²) in [7, 11) is -3.15. The molecule has 3 fully saturated rings. The molecule has 6 nitrogen and oxygen atoms in total. The van der Waals surface area contributed by atoms with Gasteiger partial charge in [-0.3, -0.25) is 4.90 Å². The highest BCUT2D eigenvalue weighted by atomic mass is 32.2. The van der Waals surface area contributed by atoms with Crippen LogP contribution in [0.3, 0.4) is 0 Å². The van der Waals surface area contributed by atoms with E-state index < -0.39 is 15.6 Å². The number of rotatable bonds is 4. The first-order valence-corrected chi connectivity index (χ1v) is 9.10. The summed E-state index contributed by atoms with van der Waals surface area (Å²) in [4.78, 5) is 2.22. The van der Waals surface area contributed by atoms with Crippen LogP contribution < -0.4 is 0 Å². The minimum absolute atomic E-state index is 0.163. The molecule has 1 saturated carbocycles. The summed E-state index contributed by atoms with van der Waals surface area (Å²) in [5.41, 5.74) is -0.542. The van der Waals surface area contributed by atoms with Crippen molar-refractivity contribution in [2.75, 3.05) is 52.5 Å². The highest BCUT2D eigenvalue weighted by Gasteiger charge is 2.47. The first-order chi connectivity index (χ1) is 10.1. The number of ether oxygens (including phenoxy) is 2. The van der Waals surface area contributed by atoms with Crippen molar-refractivity contribution in [2.45, 2.75) is 23.7 Å². The summed E-state index contributed by atoms with van der Waals surface area (Å²) in [6.07, 6.45) is 3.46. The Morgan fingerprint density at radius 1 is 1.24 bits per heavy atom. The van der Waals surface area contributed by atoms with Gasteiger partial charge in [-0.1, -0.05) is 6.08 Å². The van der Waals surface area contributed by atoms with Crippen LogP contribution in [0.1, 0.15) is 12.8 Å². The van der Waals surface area contributed by atoms with Gasteiger partial charge in [0, 0.05) is 32.7 Å². The standard InChI is InChI=1S/C14H24N2O4S/c1-2-5-15-6-8-19-12-14(10-15)11-16(7-9-20-14)21(17,18)13-3-4-13/h2,13H,1,3-12H2. The van der Waals surface area contributed by atoms with Gasteiger partial charge in [-0.05, 0) is 12.8 Å². The maximum atomic E-state index is 12.5. The Bertz CT molecular complexity index is 491. The molecule has 120 valence electrons. The lowest BCUT2D eigenvalue weighted by Crippen LogP contribution is -2.60. The van der Waals surface area contributed by atoms with E-state index in [0.717, 1.165) is 25.9 Å². The Morgan fingerprint density at radius 2 is 2.05 bits per heavy atom. The van der Waals surface area contributed by atoms with E-state index in [-0.39, 0.29) is 5.25 Å². The predicted octanol–water partition coefficient (Wildman–Crippen LogP) is 0.0678. The van der Waals surface area contributed by atoms with Crippen LogP contribution >= 0.6 is 0 Å². The Morgan fingerprint density at radius 3 is 2.76 bits per heavy atom. The summed E-state index contributed by atoms with van der Waals surface area (Å²) in [6.45, 7) is 8.47. The Kier molecular flexibility index (Phi) is 4.38. The molecule has 1 atom stereocenters. The molecule has 3 rings (SSSR count). The van der Waals surface area contributed by atoms with Gasteiger partial charge in [0.15, 0.2) is 0 Å². The average Bonchev–Trinajstić information content (AvgIpc) is 3.28. The third kappa shape index (κ3) is 3.32. The van der Waals surface area contributed by atoms with Crippen LogP contribution in [0.4, 0.5) is 0 Å². The molecule has 2 heterocycles. The summed E-state index contributed by atoms with van der Waals surface area (Å²) < 4.78 is 38.2. The highest BCUT2D eigenvalue weighted by molar-refractivity contribution is 7.90. The van der Waals surface area contributed by atoms with Crippen molar-refractivity contribution in [1.29, 1.82) is 0 Å². The molecule has 1 aliphatic carbocycles. The lowest BCUT2D eigenvalue weighted by Gasteiger charge is -2.42. The maximum absolute atomic E-state index is 12.5. The zero-order valence-corrected chi connectivity index (χ0v) is 13.2. The van der Waals surface area contributed by atoms with Crippen molar-refractivity contribution in [3.63, 3.8) is 0 Å². The van der Waals surface area contributed by atoms with Gasteiger partial charge >= 0.3 is 0 Å². The lowest BCUT2D eigenvalue weighted by molar-refractivity contribution is -0.125. The molecular weight excluding hydrogens is 292 g/mol. The van der Waals surface area contributed by atoms with Crippen molar-refractivity contribution in [1.82, 2.24) is 9.21 Å². The fourth-order valence-corrected chi connectivity index (χ4v) is 5.01. The SMILES string of the molecule is C=CCN1CCOCC2(C1)CN(S(=O)(=O)C1CC1)CCO2. The molecule has 0 N–H and O–H groups in total. The third-order valence-corrected chi connectivity index (χ3v) is 6.68. The molecule has 21 heavy (non-hydrogen) atoms. The quantitative estimate of drug-likeness (QED) is 0.687. The molecule has 0 amide bonds. The van der Waals surface area contributed by atoms with Crippen molar-refractivity contribution in [3.8, 4) is 0 Å². The van der Waals surface area contributed by atoms with Gasteiger partial charge in [0.25, 0.3) is 0 Å². The van der Waals surface area contributed by atoms with Crippen LogP contribution in [0.5, 0.6) is 0 Å². The van der Waals surface area contributed by atoms with E-state index in [4.69, 9.17) is 9.47 Å². The molecule has 0 aromatic rings. The van der Waals surface area contributed by atoms with Crippen LogP contribution in [0, 0.1) is 0 Å². The van der Waals surface area contributed by atoms with Crippen LogP contribution in [0.15, 0.2) is 12.7 Å². The van der Waals surface area contributed by atoms with Gasteiger partial charge in [-0.15, -0.1) is 6.58 Å². The normalized spacial score (nSPS) is 33.0. The Balaban J connectivity index is 1.74. The fraction of sp³-hybridized carbons (Fsp3) is 0.857. The monoisotopic (exact) mass is 316 g/mol. The van der Waals surface area contributed by atoms with Crippen LogP contribution in [-0.4, -0.2) is 81.0 Å². The van der Waals surface area contributed by atoms with E-state index in [1.165, 1.54) is 0 Å². The number of nitrogens with zero attached hydrogens (tertiary/aromatic N) is 2. The number of hydrogen-bond donors (Lipinski definition) is 0. The summed E-state index contributed by atoms with van der Waals surface area (Å²) >= 11 is 0. The second-order valence-electron chi connectivity index (χ2n) is 6.19. The molecule has 2 saturated heterocycles. The predicted molar refractivity (Wildman–Crippen MR) is 79.7 cm³/mol. The molecular formula is C14H24N2O4S. The van der Waals surface area contributed by atoms with E-state index in [2.05, 4.69) is 11.5 Å². The molecule has 0 bridgehead atoms. The van der Waals surface area contributed by atoms with Crippen molar-refractivity contribution in [2.24, 2.45) is 0 Å². The first-order valence-electron chi connectivity index (χ1n) is 7.60. The van der Waals surface area contributed by atoms with Crippen LogP contribution in [-0.2, 0) is 19.5 Å². The number of sulfonamides is 1. The fourth-order valence-electron chi connectivity index (χ4n) is 3.11. The molecule has 3 aliphatic rings. The van der Waals surface area contributed by atoms with E-state index in [1.807, 2.05) is 6.08 Å². The van der Waals surface area contributed by atoms with E-state index >= 15 is 0 Å². The summed E-state index contributed by atoms with van der Waals surface area (Å²) in [5, 5.41) is -0.163. The second kappa shape index (κ2) is 5.96. The first kappa shape index (κ1) is 15.4. The van der Waals surface area contributed by atoms with Crippen LogP contribution in [0.25, 0.3) is 0 Å². The van der Waals surface area contributed by atoms with Gasteiger partial charge in [0.05, 0.1) is 25.1 Å². The van der Waals surface area contributed by atoms with E-state index in [0.29, 0.717) is 39.5 Å². The minimum atomic E-state index is -3.15. The summed E-state index contributed by atoms with van der Waals surface area (Å²) in [6, 6.07) is 0. The molecule has 1 unspecified atom stereocenters. The zero-order valence-electron chi connectivity index (χ0n) is 12.4. The lowest BCUT2D eigenvalue weighted by atomic mass is 10.0. The van der Waals surface area contributed by atoms with Gasteiger partial charge in [-0.25, -0.2) is 8.42 Å². The molecule has 0 radical (unpaired) electrons. The van der Waals surface area contributed by atoms with Gasteiger partial charge < -0.3 is 9.47 Å². The van der Waals surface area contributed by atoms with Gasteiger partial charge in [-0.2, -0.15) is 4.31 Å². The second-order valence-corrected chi connectivity index (χ2v) is 8.40. The van der Waals surface area contributed by atoms with E-state index in [9.17, 15) is 8.42 Å². The van der Waals surface area contributed by atoms with Crippen molar-refractivity contribution < 1.29 is 17.9 Å². The minimum Gasteiger partial charge on any atom is -0.377 e. The largest absolute Gasteiger partial charge is 0.377 e. The molecule has 0 aromatic heterocycles. The molecule has 2 aliphatic heterocycles.